The summed E-state index contributed by atoms with van der Waals surface area (Å²) in [5.74, 6) is 0.755. The number of nitrogens with zero attached hydrogens (tertiary/aromatic N) is 4. The Hall–Kier alpha value is -2.53. The highest BCUT2D eigenvalue weighted by atomic mass is 19.4. The minimum atomic E-state index is -4.53. The van der Waals surface area contributed by atoms with Crippen molar-refractivity contribution >= 4 is 5.69 Å². The molecule has 132 valence electrons. The Morgan fingerprint density at radius 2 is 1.92 bits per heavy atom. The van der Waals surface area contributed by atoms with E-state index in [1.54, 1.807) is 12.1 Å². The summed E-state index contributed by atoms with van der Waals surface area (Å²) in [6.45, 7) is 5.14. The Morgan fingerprint density at radius 1 is 1.20 bits per heavy atom. The molecule has 0 saturated carbocycles. The molecule has 2 aromatic rings. The van der Waals surface area contributed by atoms with Gasteiger partial charge in [0, 0.05) is 44.5 Å². The predicted molar refractivity (Wildman–Crippen MR) is 84.9 cm³/mol. The first kappa shape index (κ1) is 17.3. The van der Waals surface area contributed by atoms with Crippen LogP contribution in [-0.4, -0.2) is 36.2 Å². The molecule has 0 spiro atoms. The number of hydrogen-bond acceptors (Lipinski definition) is 5. The number of anilines is 1. The molecule has 8 heteroatoms. The van der Waals surface area contributed by atoms with E-state index < -0.39 is 11.7 Å². The zero-order valence-electron chi connectivity index (χ0n) is 13.7. The standard InChI is InChI=1S/C17H17F3N4O/c1-12-8-14(22-25-12)11-23-4-6-24(7-5-23)15-3-2-13(10-21)16(9-15)17(18,19)20/h2-3,8-9H,4-7,11H2,1H3. The molecule has 0 atom stereocenters. The molecule has 1 aliphatic heterocycles. The van der Waals surface area contributed by atoms with Gasteiger partial charge in [-0.1, -0.05) is 5.16 Å². The normalized spacial score (nSPS) is 16.0. The van der Waals surface area contributed by atoms with Gasteiger partial charge >= 0.3 is 6.18 Å². The number of piperazine rings is 1. The highest BCUT2D eigenvalue weighted by molar-refractivity contribution is 5.55. The van der Waals surface area contributed by atoms with Gasteiger partial charge in [0.05, 0.1) is 22.9 Å². The van der Waals surface area contributed by atoms with Crippen LogP contribution in [0.3, 0.4) is 0 Å². The summed E-state index contributed by atoms with van der Waals surface area (Å²) in [5, 5.41) is 12.8. The molecule has 3 rings (SSSR count). The quantitative estimate of drug-likeness (QED) is 0.851. The summed E-state index contributed by atoms with van der Waals surface area (Å²) >= 11 is 0. The number of nitriles is 1. The first-order valence-corrected chi connectivity index (χ1v) is 7.87. The number of rotatable bonds is 3. The van der Waals surface area contributed by atoms with Crippen LogP contribution in [0.15, 0.2) is 28.8 Å². The van der Waals surface area contributed by atoms with Gasteiger partial charge in [-0.25, -0.2) is 0 Å². The van der Waals surface area contributed by atoms with Crippen LogP contribution in [0.25, 0.3) is 0 Å². The van der Waals surface area contributed by atoms with Crippen molar-refractivity contribution < 1.29 is 17.7 Å². The van der Waals surface area contributed by atoms with Gasteiger partial charge in [0.1, 0.15) is 5.76 Å². The number of benzene rings is 1. The van der Waals surface area contributed by atoms with E-state index >= 15 is 0 Å². The second-order valence-electron chi connectivity index (χ2n) is 6.03. The number of alkyl halides is 3. The maximum atomic E-state index is 13.1. The molecule has 1 aromatic heterocycles. The Morgan fingerprint density at radius 3 is 2.48 bits per heavy atom. The molecule has 1 aromatic carbocycles. The average Bonchev–Trinajstić information content (AvgIpc) is 2.99. The van der Waals surface area contributed by atoms with Crippen LogP contribution in [0, 0.1) is 18.3 Å². The lowest BCUT2D eigenvalue weighted by Crippen LogP contribution is -2.46. The van der Waals surface area contributed by atoms with Crippen molar-refractivity contribution in [2.24, 2.45) is 0 Å². The van der Waals surface area contributed by atoms with E-state index in [0.717, 1.165) is 17.5 Å². The highest BCUT2D eigenvalue weighted by Crippen LogP contribution is 2.34. The van der Waals surface area contributed by atoms with E-state index in [1.165, 1.54) is 6.07 Å². The third-order valence-electron chi connectivity index (χ3n) is 4.23. The number of hydrogen-bond donors (Lipinski definition) is 0. The van der Waals surface area contributed by atoms with Crippen molar-refractivity contribution in [1.82, 2.24) is 10.1 Å². The third-order valence-corrected chi connectivity index (χ3v) is 4.23. The van der Waals surface area contributed by atoms with E-state index in [9.17, 15) is 13.2 Å². The Labute approximate surface area is 143 Å². The van der Waals surface area contributed by atoms with Crippen LogP contribution in [0.2, 0.25) is 0 Å². The second kappa shape index (κ2) is 6.76. The van der Waals surface area contributed by atoms with Crippen molar-refractivity contribution in [1.29, 1.82) is 5.26 Å². The van der Waals surface area contributed by atoms with Gasteiger partial charge in [0.2, 0.25) is 0 Å². The summed E-state index contributed by atoms with van der Waals surface area (Å²) in [7, 11) is 0. The molecule has 0 amide bonds. The molecular formula is C17H17F3N4O. The molecule has 1 fully saturated rings. The largest absolute Gasteiger partial charge is 0.417 e. The summed E-state index contributed by atoms with van der Waals surface area (Å²) in [4.78, 5) is 4.09. The Bertz CT molecular complexity index is 786. The summed E-state index contributed by atoms with van der Waals surface area (Å²) < 4.78 is 44.3. The zero-order chi connectivity index (χ0) is 18.0. The lowest BCUT2D eigenvalue weighted by Gasteiger charge is -2.36. The molecule has 0 bridgehead atoms. The molecule has 1 saturated heterocycles. The minimum Gasteiger partial charge on any atom is -0.369 e. The summed E-state index contributed by atoms with van der Waals surface area (Å²) in [6, 6.07) is 7.36. The van der Waals surface area contributed by atoms with Crippen LogP contribution in [0.1, 0.15) is 22.6 Å². The number of halogens is 3. The molecule has 1 aliphatic rings. The fraction of sp³-hybridized carbons (Fsp3) is 0.412. The SMILES string of the molecule is Cc1cc(CN2CCN(c3ccc(C#N)c(C(F)(F)F)c3)CC2)no1. The molecule has 2 heterocycles. The van der Waals surface area contributed by atoms with E-state index in [-0.39, 0.29) is 5.56 Å². The van der Waals surface area contributed by atoms with Gasteiger partial charge in [-0.3, -0.25) is 4.90 Å². The van der Waals surface area contributed by atoms with Crippen LogP contribution in [0.4, 0.5) is 18.9 Å². The molecule has 0 N–H and O–H groups in total. The van der Waals surface area contributed by atoms with Crippen LogP contribution in [-0.2, 0) is 12.7 Å². The molecule has 0 aliphatic carbocycles. The number of aryl methyl sites for hydroxylation is 1. The van der Waals surface area contributed by atoms with Gasteiger partial charge in [-0.05, 0) is 25.1 Å². The minimum absolute atomic E-state index is 0.351. The predicted octanol–water partition coefficient (Wildman–Crippen LogP) is 3.20. The first-order valence-electron chi connectivity index (χ1n) is 7.87. The fourth-order valence-corrected chi connectivity index (χ4v) is 2.95. The van der Waals surface area contributed by atoms with Crippen LogP contribution >= 0.6 is 0 Å². The highest BCUT2D eigenvalue weighted by Gasteiger charge is 2.34. The van der Waals surface area contributed by atoms with Crippen molar-refractivity contribution in [2.75, 3.05) is 31.1 Å². The van der Waals surface area contributed by atoms with Gasteiger partial charge in [0.25, 0.3) is 0 Å². The topological polar surface area (TPSA) is 56.3 Å². The van der Waals surface area contributed by atoms with Gasteiger partial charge in [-0.15, -0.1) is 0 Å². The van der Waals surface area contributed by atoms with E-state index in [2.05, 4.69) is 10.1 Å². The Kier molecular flexibility index (Phi) is 4.68. The van der Waals surface area contributed by atoms with Gasteiger partial charge in [0.15, 0.2) is 0 Å². The molecule has 0 radical (unpaired) electrons. The summed E-state index contributed by atoms with van der Waals surface area (Å²) in [6.07, 6.45) is -4.53. The molecule has 0 unspecified atom stereocenters. The zero-order valence-corrected chi connectivity index (χ0v) is 13.7. The first-order chi connectivity index (χ1) is 11.9. The maximum absolute atomic E-state index is 13.1. The average molecular weight is 350 g/mol. The number of aromatic nitrogens is 1. The fourth-order valence-electron chi connectivity index (χ4n) is 2.95. The Balaban J connectivity index is 1.67. The molecular weight excluding hydrogens is 333 g/mol. The lowest BCUT2D eigenvalue weighted by atomic mass is 10.1. The second-order valence-corrected chi connectivity index (χ2v) is 6.03. The van der Waals surface area contributed by atoms with E-state index in [0.29, 0.717) is 38.4 Å². The van der Waals surface area contributed by atoms with Crippen molar-refractivity contribution in [3.05, 3.63) is 46.8 Å². The molecule has 5 nitrogen and oxygen atoms in total. The monoisotopic (exact) mass is 350 g/mol. The van der Waals surface area contributed by atoms with Crippen molar-refractivity contribution in [3.8, 4) is 6.07 Å². The van der Waals surface area contributed by atoms with Gasteiger partial charge in [-0.2, -0.15) is 18.4 Å². The smallest absolute Gasteiger partial charge is 0.369 e. The maximum Gasteiger partial charge on any atom is 0.417 e. The van der Waals surface area contributed by atoms with Crippen LogP contribution < -0.4 is 4.90 Å². The molecule has 25 heavy (non-hydrogen) atoms. The van der Waals surface area contributed by atoms with E-state index in [4.69, 9.17) is 9.78 Å². The summed E-state index contributed by atoms with van der Waals surface area (Å²) in [5.41, 5.74) is 0.108. The lowest BCUT2D eigenvalue weighted by molar-refractivity contribution is -0.137. The van der Waals surface area contributed by atoms with Crippen LogP contribution in [0.5, 0.6) is 0 Å². The van der Waals surface area contributed by atoms with Crippen molar-refractivity contribution in [2.45, 2.75) is 19.6 Å². The van der Waals surface area contributed by atoms with Crippen molar-refractivity contribution in [3.63, 3.8) is 0 Å². The van der Waals surface area contributed by atoms with E-state index in [1.807, 2.05) is 17.9 Å². The third kappa shape index (κ3) is 3.94. The van der Waals surface area contributed by atoms with Gasteiger partial charge < -0.3 is 9.42 Å².